The van der Waals surface area contributed by atoms with E-state index in [2.05, 4.69) is 15.6 Å². The van der Waals surface area contributed by atoms with Crippen molar-refractivity contribution >= 4 is 39.8 Å². The Morgan fingerprint density at radius 3 is 2.14 bits per heavy atom. The van der Waals surface area contributed by atoms with Crippen LogP contribution in [-0.2, 0) is 0 Å². The number of thiazole rings is 1. The maximum atomic E-state index is 12.3. The molecule has 2 aromatic carbocycles. The molecule has 2 N–H and O–H groups in total. The smallest absolute Gasteiger partial charge is 0.275 e. The number of anilines is 2. The Hall–Kier alpha value is -3.52. The summed E-state index contributed by atoms with van der Waals surface area (Å²) < 4.78 is 5.06. The predicted octanol–water partition coefficient (Wildman–Crippen LogP) is 3.86. The normalized spacial score (nSPS) is 10.2. The molecule has 8 heteroatoms. The van der Waals surface area contributed by atoms with Crippen molar-refractivity contribution in [3.63, 3.8) is 0 Å². The number of ether oxygens (including phenoxy) is 1. The minimum atomic E-state index is -0.406. The summed E-state index contributed by atoms with van der Waals surface area (Å²) in [4.78, 5) is 40.0. The number of ketones is 1. The maximum absolute atomic E-state index is 12.3. The first-order valence-electron chi connectivity index (χ1n) is 8.29. The number of methoxy groups -OCH3 is 1. The maximum Gasteiger partial charge on any atom is 0.275 e. The standard InChI is InChI=1S/C20H17N3O4S/c1-12(24)13-3-7-15(8-4-13)21-19(26)17-11-28-20(22-17)23-18(25)14-5-9-16(27-2)10-6-14/h3-11H,1-2H3,(H,21,26)(H,22,23,25). The van der Waals surface area contributed by atoms with Crippen LogP contribution in [0.25, 0.3) is 0 Å². The lowest BCUT2D eigenvalue weighted by atomic mass is 10.1. The molecule has 0 spiro atoms. The number of amides is 2. The van der Waals surface area contributed by atoms with Gasteiger partial charge in [-0.25, -0.2) is 4.98 Å². The van der Waals surface area contributed by atoms with E-state index in [1.54, 1.807) is 61.0 Å². The molecule has 0 saturated heterocycles. The summed E-state index contributed by atoms with van der Waals surface area (Å²) in [5.74, 6) is -0.128. The molecule has 0 unspecified atom stereocenters. The lowest BCUT2D eigenvalue weighted by Crippen LogP contribution is -2.14. The number of carbonyl (C=O) groups is 3. The molecule has 0 fully saturated rings. The molecule has 142 valence electrons. The molecular weight excluding hydrogens is 378 g/mol. The number of aromatic nitrogens is 1. The highest BCUT2D eigenvalue weighted by molar-refractivity contribution is 7.14. The molecule has 0 aliphatic heterocycles. The van der Waals surface area contributed by atoms with Crippen molar-refractivity contribution in [1.29, 1.82) is 0 Å². The van der Waals surface area contributed by atoms with Gasteiger partial charge in [0.2, 0.25) is 0 Å². The van der Waals surface area contributed by atoms with Gasteiger partial charge in [0.15, 0.2) is 10.9 Å². The number of rotatable bonds is 6. The Morgan fingerprint density at radius 1 is 0.893 bits per heavy atom. The van der Waals surface area contributed by atoms with Crippen LogP contribution < -0.4 is 15.4 Å². The van der Waals surface area contributed by atoms with Crippen molar-refractivity contribution in [2.75, 3.05) is 17.7 Å². The number of nitrogens with zero attached hydrogens (tertiary/aromatic N) is 1. The van der Waals surface area contributed by atoms with Crippen LogP contribution >= 0.6 is 11.3 Å². The summed E-state index contributed by atoms with van der Waals surface area (Å²) in [5, 5.41) is 7.24. The summed E-state index contributed by atoms with van der Waals surface area (Å²) in [6.07, 6.45) is 0. The first-order valence-corrected chi connectivity index (χ1v) is 9.17. The summed E-state index contributed by atoms with van der Waals surface area (Å²) in [5.41, 5.74) is 1.75. The van der Waals surface area contributed by atoms with E-state index in [4.69, 9.17) is 4.74 Å². The van der Waals surface area contributed by atoms with Crippen molar-refractivity contribution in [2.24, 2.45) is 0 Å². The molecule has 0 aliphatic rings. The number of hydrogen-bond acceptors (Lipinski definition) is 6. The summed E-state index contributed by atoms with van der Waals surface area (Å²) in [6, 6.07) is 13.2. The molecule has 7 nitrogen and oxygen atoms in total. The van der Waals surface area contributed by atoms with Crippen LogP contribution in [0.4, 0.5) is 10.8 Å². The van der Waals surface area contributed by atoms with Crippen LogP contribution in [0.2, 0.25) is 0 Å². The topological polar surface area (TPSA) is 97.4 Å². The van der Waals surface area contributed by atoms with E-state index in [0.717, 1.165) is 11.3 Å². The molecule has 1 heterocycles. The van der Waals surface area contributed by atoms with Gasteiger partial charge in [-0.15, -0.1) is 11.3 Å². The van der Waals surface area contributed by atoms with Crippen LogP contribution in [0.5, 0.6) is 5.75 Å². The first-order chi connectivity index (χ1) is 13.5. The van der Waals surface area contributed by atoms with Gasteiger partial charge in [0.1, 0.15) is 11.4 Å². The molecule has 3 aromatic rings. The molecular formula is C20H17N3O4S. The highest BCUT2D eigenvalue weighted by atomic mass is 32.1. The Bertz CT molecular complexity index is 1010. The average molecular weight is 395 g/mol. The van der Waals surface area contributed by atoms with E-state index in [0.29, 0.717) is 27.7 Å². The molecule has 0 bridgehead atoms. The van der Waals surface area contributed by atoms with E-state index in [-0.39, 0.29) is 17.4 Å². The number of hydrogen-bond donors (Lipinski definition) is 2. The van der Waals surface area contributed by atoms with E-state index in [1.165, 1.54) is 6.92 Å². The van der Waals surface area contributed by atoms with Gasteiger partial charge in [-0.3, -0.25) is 19.7 Å². The Morgan fingerprint density at radius 2 is 1.54 bits per heavy atom. The Kier molecular flexibility index (Phi) is 5.81. The van der Waals surface area contributed by atoms with Crippen LogP contribution in [0.15, 0.2) is 53.9 Å². The van der Waals surface area contributed by atoms with Gasteiger partial charge in [0.25, 0.3) is 11.8 Å². The average Bonchev–Trinajstić information content (AvgIpc) is 3.17. The highest BCUT2D eigenvalue weighted by Gasteiger charge is 2.14. The second-order valence-corrected chi connectivity index (χ2v) is 6.67. The van der Waals surface area contributed by atoms with E-state index >= 15 is 0 Å². The zero-order chi connectivity index (χ0) is 20.1. The summed E-state index contributed by atoms with van der Waals surface area (Å²) in [7, 11) is 1.55. The number of Topliss-reactive ketones (excluding diaryl/α,β-unsaturated/α-hetero) is 1. The van der Waals surface area contributed by atoms with Gasteiger partial charge in [-0.2, -0.15) is 0 Å². The highest BCUT2D eigenvalue weighted by Crippen LogP contribution is 2.19. The molecule has 0 saturated carbocycles. The van der Waals surface area contributed by atoms with Crippen LogP contribution in [0, 0.1) is 0 Å². The number of nitrogens with one attached hydrogen (secondary N) is 2. The zero-order valence-corrected chi connectivity index (χ0v) is 16.0. The molecule has 28 heavy (non-hydrogen) atoms. The first kappa shape index (κ1) is 19.2. The largest absolute Gasteiger partial charge is 0.497 e. The van der Waals surface area contributed by atoms with E-state index in [1.807, 2.05) is 0 Å². The van der Waals surface area contributed by atoms with Crippen molar-refractivity contribution in [2.45, 2.75) is 6.92 Å². The van der Waals surface area contributed by atoms with E-state index in [9.17, 15) is 14.4 Å². The summed E-state index contributed by atoms with van der Waals surface area (Å²) in [6.45, 7) is 1.48. The molecule has 1 aromatic heterocycles. The minimum absolute atomic E-state index is 0.0466. The second-order valence-electron chi connectivity index (χ2n) is 5.81. The molecule has 3 rings (SSSR count). The second kappa shape index (κ2) is 8.45. The van der Waals surface area contributed by atoms with Crippen LogP contribution in [-0.4, -0.2) is 29.7 Å². The molecule has 0 aliphatic carbocycles. The summed E-state index contributed by atoms with van der Waals surface area (Å²) >= 11 is 1.15. The molecule has 0 radical (unpaired) electrons. The minimum Gasteiger partial charge on any atom is -0.497 e. The van der Waals surface area contributed by atoms with Gasteiger partial charge in [-0.1, -0.05) is 0 Å². The van der Waals surface area contributed by atoms with Crippen molar-refractivity contribution < 1.29 is 19.1 Å². The predicted molar refractivity (Wildman–Crippen MR) is 107 cm³/mol. The SMILES string of the molecule is COc1ccc(C(=O)Nc2nc(C(=O)Nc3ccc(C(C)=O)cc3)cs2)cc1. The number of carbonyl (C=O) groups excluding carboxylic acids is 3. The van der Waals surface area contributed by atoms with Gasteiger partial charge in [0, 0.05) is 22.2 Å². The quantitative estimate of drug-likeness (QED) is 0.618. The fourth-order valence-corrected chi connectivity index (χ4v) is 3.02. The van der Waals surface area contributed by atoms with Gasteiger partial charge < -0.3 is 10.1 Å². The Balaban J connectivity index is 1.63. The third-order valence-electron chi connectivity index (χ3n) is 3.86. The lowest BCUT2D eigenvalue weighted by Gasteiger charge is -2.04. The fourth-order valence-electron chi connectivity index (χ4n) is 2.33. The third kappa shape index (κ3) is 4.60. The lowest BCUT2D eigenvalue weighted by molar-refractivity contribution is 0.101. The van der Waals surface area contributed by atoms with Crippen LogP contribution in [0.1, 0.15) is 38.1 Å². The van der Waals surface area contributed by atoms with E-state index < -0.39 is 5.91 Å². The van der Waals surface area contributed by atoms with Crippen molar-refractivity contribution in [3.8, 4) is 5.75 Å². The van der Waals surface area contributed by atoms with Gasteiger partial charge in [0.05, 0.1) is 7.11 Å². The number of benzene rings is 2. The Labute approximate surface area is 165 Å². The van der Waals surface area contributed by atoms with Crippen molar-refractivity contribution in [1.82, 2.24) is 4.98 Å². The van der Waals surface area contributed by atoms with Crippen LogP contribution in [0.3, 0.4) is 0 Å². The van der Waals surface area contributed by atoms with Gasteiger partial charge in [-0.05, 0) is 55.5 Å². The monoisotopic (exact) mass is 395 g/mol. The van der Waals surface area contributed by atoms with Crippen molar-refractivity contribution in [3.05, 3.63) is 70.7 Å². The molecule has 2 amide bonds. The van der Waals surface area contributed by atoms with Gasteiger partial charge >= 0.3 is 0 Å². The molecule has 0 atom stereocenters. The zero-order valence-electron chi connectivity index (χ0n) is 15.2. The third-order valence-corrected chi connectivity index (χ3v) is 4.62. The fraction of sp³-hybridized carbons (Fsp3) is 0.100.